The maximum atomic E-state index is 12.1. The number of methoxy groups -OCH3 is 1. The Kier molecular flexibility index (Phi) is 6.45. The van der Waals surface area contributed by atoms with E-state index < -0.39 is 0 Å². The first-order valence-electron chi connectivity index (χ1n) is 7.83. The van der Waals surface area contributed by atoms with Crippen LogP contribution in [-0.2, 0) is 4.74 Å². The van der Waals surface area contributed by atoms with Crippen LogP contribution in [0.5, 0.6) is 5.88 Å². The van der Waals surface area contributed by atoms with Crippen LogP contribution in [0.25, 0.3) is 0 Å². The lowest BCUT2D eigenvalue weighted by Gasteiger charge is -2.27. The smallest absolute Gasteiger partial charge is 0.319 e. The van der Waals surface area contributed by atoms with Gasteiger partial charge in [-0.2, -0.15) is 0 Å². The number of carbonyl (C=O) groups excluding carboxylic acids is 1. The number of aromatic nitrogens is 1. The lowest BCUT2D eigenvalue weighted by Crippen LogP contribution is -2.40. The first-order valence-corrected chi connectivity index (χ1v) is 7.83. The van der Waals surface area contributed by atoms with Crippen LogP contribution in [0.15, 0.2) is 18.3 Å². The predicted octanol–water partition coefficient (Wildman–Crippen LogP) is 2.81. The topological polar surface area (TPSA) is 72.5 Å². The highest BCUT2D eigenvalue weighted by molar-refractivity contribution is 5.90. The van der Waals surface area contributed by atoms with Gasteiger partial charge in [-0.25, -0.2) is 9.78 Å². The van der Waals surface area contributed by atoms with Crippen LogP contribution in [0.1, 0.15) is 32.6 Å². The first kappa shape index (κ1) is 16.5. The average molecular weight is 307 g/mol. The van der Waals surface area contributed by atoms with E-state index in [1.54, 1.807) is 25.4 Å². The van der Waals surface area contributed by atoms with E-state index >= 15 is 0 Å². The Labute approximate surface area is 131 Å². The SMILES string of the molecule is COCCOc1ncccc1NC(=O)NC1CCC(C)CC1. The van der Waals surface area contributed by atoms with Gasteiger partial charge in [0, 0.05) is 19.3 Å². The molecule has 2 rings (SSSR count). The van der Waals surface area contributed by atoms with E-state index in [2.05, 4.69) is 22.5 Å². The summed E-state index contributed by atoms with van der Waals surface area (Å²) in [6, 6.07) is 3.59. The Balaban J connectivity index is 1.85. The second kappa shape index (κ2) is 8.58. The molecular formula is C16H25N3O3. The quantitative estimate of drug-likeness (QED) is 0.793. The lowest BCUT2D eigenvalue weighted by atomic mass is 9.87. The Bertz CT molecular complexity index is 473. The van der Waals surface area contributed by atoms with Gasteiger partial charge in [0.2, 0.25) is 5.88 Å². The number of carbonyl (C=O) groups is 1. The minimum absolute atomic E-state index is 0.204. The number of hydrogen-bond acceptors (Lipinski definition) is 4. The van der Waals surface area contributed by atoms with Crippen molar-refractivity contribution in [1.29, 1.82) is 0 Å². The molecule has 1 aliphatic carbocycles. The van der Waals surface area contributed by atoms with E-state index in [4.69, 9.17) is 9.47 Å². The number of nitrogens with one attached hydrogen (secondary N) is 2. The van der Waals surface area contributed by atoms with Gasteiger partial charge in [0.1, 0.15) is 12.3 Å². The van der Waals surface area contributed by atoms with Crippen LogP contribution in [-0.4, -0.2) is 37.4 Å². The highest BCUT2D eigenvalue weighted by Gasteiger charge is 2.20. The van der Waals surface area contributed by atoms with Crippen molar-refractivity contribution in [2.45, 2.75) is 38.6 Å². The molecule has 6 heteroatoms. The van der Waals surface area contributed by atoms with Gasteiger partial charge in [0.05, 0.1) is 6.61 Å². The normalized spacial score (nSPS) is 21.2. The molecule has 2 amide bonds. The average Bonchev–Trinajstić information content (AvgIpc) is 2.51. The van der Waals surface area contributed by atoms with Crippen molar-refractivity contribution in [1.82, 2.24) is 10.3 Å². The zero-order valence-electron chi connectivity index (χ0n) is 13.3. The number of anilines is 1. The molecular weight excluding hydrogens is 282 g/mol. The summed E-state index contributed by atoms with van der Waals surface area (Å²) in [6.45, 7) is 3.13. The zero-order valence-corrected chi connectivity index (χ0v) is 13.3. The molecule has 22 heavy (non-hydrogen) atoms. The molecule has 1 fully saturated rings. The van der Waals surface area contributed by atoms with Crippen LogP contribution in [0, 0.1) is 5.92 Å². The van der Waals surface area contributed by atoms with Crippen molar-refractivity contribution in [2.75, 3.05) is 25.6 Å². The second-order valence-electron chi connectivity index (χ2n) is 5.75. The minimum Gasteiger partial charge on any atom is -0.474 e. The number of nitrogens with zero attached hydrogens (tertiary/aromatic N) is 1. The van der Waals surface area contributed by atoms with Gasteiger partial charge in [0.25, 0.3) is 0 Å². The molecule has 0 atom stereocenters. The number of rotatable bonds is 6. The Morgan fingerprint density at radius 1 is 1.32 bits per heavy atom. The molecule has 1 aromatic rings. The van der Waals surface area contributed by atoms with Crippen LogP contribution in [0.2, 0.25) is 0 Å². The fourth-order valence-corrected chi connectivity index (χ4v) is 2.57. The maximum absolute atomic E-state index is 12.1. The highest BCUT2D eigenvalue weighted by Crippen LogP contribution is 2.24. The molecule has 0 radical (unpaired) electrons. The predicted molar refractivity (Wildman–Crippen MR) is 85.2 cm³/mol. The summed E-state index contributed by atoms with van der Waals surface area (Å²) < 4.78 is 10.4. The summed E-state index contributed by atoms with van der Waals surface area (Å²) in [4.78, 5) is 16.3. The van der Waals surface area contributed by atoms with E-state index in [1.807, 2.05) is 0 Å². The summed E-state index contributed by atoms with van der Waals surface area (Å²) in [5.41, 5.74) is 0.570. The van der Waals surface area contributed by atoms with Crippen molar-refractivity contribution < 1.29 is 14.3 Å². The van der Waals surface area contributed by atoms with Crippen LogP contribution in [0.4, 0.5) is 10.5 Å². The van der Waals surface area contributed by atoms with E-state index in [9.17, 15) is 4.79 Å². The monoisotopic (exact) mass is 307 g/mol. The minimum atomic E-state index is -0.204. The molecule has 0 bridgehead atoms. The summed E-state index contributed by atoms with van der Waals surface area (Å²) >= 11 is 0. The lowest BCUT2D eigenvalue weighted by molar-refractivity contribution is 0.144. The second-order valence-corrected chi connectivity index (χ2v) is 5.75. The highest BCUT2D eigenvalue weighted by atomic mass is 16.5. The number of pyridine rings is 1. The molecule has 122 valence electrons. The third-order valence-electron chi connectivity index (χ3n) is 3.90. The molecule has 0 saturated heterocycles. The number of amides is 2. The number of urea groups is 1. The van der Waals surface area contributed by atoms with Crippen LogP contribution < -0.4 is 15.4 Å². The van der Waals surface area contributed by atoms with Crippen molar-refractivity contribution in [3.63, 3.8) is 0 Å². The van der Waals surface area contributed by atoms with E-state index in [0.29, 0.717) is 24.8 Å². The molecule has 1 aromatic heterocycles. The van der Waals surface area contributed by atoms with Gasteiger partial charge in [-0.1, -0.05) is 6.92 Å². The number of hydrogen-bond donors (Lipinski definition) is 2. The molecule has 0 aliphatic heterocycles. The van der Waals surface area contributed by atoms with Crippen molar-refractivity contribution in [2.24, 2.45) is 5.92 Å². The first-order chi connectivity index (χ1) is 10.7. The molecule has 2 N–H and O–H groups in total. The van der Waals surface area contributed by atoms with Gasteiger partial charge in [-0.15, -0.1) is 0 Å². The summed E-state index contributed by atoms with van der Waals surface area (Å²) in [6.07, 6.45) is 6.05. The third-order valence-corrected chi connectivity index (χ3v) is 3.90. The fraction of sp³-hybridized carbons (Fsp3) is 0.625. The standard InChI is InChI=1S/C16H25N3O3/c1-12-5-7-13(8-6-12)18-16(20)19-14-4-3-9-17-15(14)22-11-10-21-2/h3-4,9,12-13H,5-8,10-11H2,1-2H3,(H2,18,19,20). The van der Waals surface area contributed by atoms with Crippen molar-refractivity contribution in [3.8, 4) is 5.88 Å². The van der Waals surface area contributed by atoms with E-state index in [1.165, 1.54) is 12.8 Å². The molecule has 1 heterocycles. The van der Waals surface area contributed by atoms with Gasteiger partial charge < -0.3 is 20.1 Å². The van der Waals surface area contributed by atoms with Gasteiger partial charge >= 0.3 is 6.03 Å². The van der Waals surface area contributed by atoms with Gasteiger partial charge in [-0.3, -0.25) is 0 Å². The van der Waals surface area contributed by atoms with E-state index in [-0.39, 0.29) is 12.1 Å². The Hall–Kier alpha value is -1.82. The van der Waals surface area contributed by atoms with Crippen molar-refractivity contribution >= 4 is 11.7 Å². The Morgan fingerprint density at radius 3 is 2.82 bits per heavy atom. The molecule has 0 unspecified atom stereocenters. The zero-order chi connectivity index (χ0) is 15.8. The Morgan fingerprint density at radius 2 is 2.09 bits per heavy atom. The molecule has 1 saturated carbocycles. The summed E-state index contributed by atoms with van der Waals surface area (Å²) in [5.74, 6) is 1.17. The maximum Gasteiger partial charge on any atom is 0.319 e. The summed E-state index contributed by atoms with van der Waals surface area (Å²) in [5, 5.41) is 5.84. The van der Waals surface area contributed by atoms with Crippen LogP contribution >= 0.6 is 0 Å². The molecule has 0 aromatic carbocycles. The third kappa shape index (κ3) is 5.18. The van der Waals surface area contributed by atoms with Crippen molar-refractivity contribution in [3.05, 3.63) is 18.3 Å². The molecule has 0 spiro atoms. The van der Waals surface area contributed by atoms with Gasteiger partial charge in [0.15, 0.2) is 0 Å². The molecule has 6 nitrogen and oxygen atoms in total. The number of ether oxygens (including phenoxy) is 2. The van der Waals surface area contributed by atoms with E-state index in [0.717, 1.165) is 18.8 Å². The summed E-state index contributed by atoms with van der Waals surface area (Å²) in [7, 11) is 1.61. The van der Waals surface area contributed by atoms with Gasteiger partial charge in [-0.05, 0) is 43.7 Å². The largest absolute Gasteiger partial charge is 0.474 e. The van der Waals surface area contributed by atoms with Crippen LogP contribution in [0.3, 0.4) is 0 Å². The fourth-order valence-electron chi connectivity index (χ4n) is 2.57. The molecule has 1 aliphatic rings.